The van der Waals surface area contributed by atoms with Crippen molar-refractivity contribution in [3.63, 3.8) is 0 Å². The summed E-state index contributed by atoms with van der Waals surface area (Å²) >= 11 is 0.0125. The molecular formula is C26H46OTe. The maximum atomic E-state index is 9.35. The first-order valence-electron chi connectivity index (χ1n) is 12.6. The third-order valence-corrected chi connectivity index (χ3v) is 14.0. The van der Waals surface area contributed by atoms with Gasteiger partial charge in [-0.15, -0.1) is 0 Å². The molecule has 0 radical (unpaired) electrons. The Morgan fingerprint density at radius 2 is 1.68 bits per heavy atom. The SMILES string of the molecule is CC(CO)[Te]CC[C@@H](C)[C@H]1CC[C@H]2[C@@H]3CCC4CCCC[C@]4(C)[C@H]3CC[C@]12C. The van der Waals surface area contributed by atoms with Gasteiger partial charge in [-0.25, -0.2) is 0 Å². The first-order chi connectivity index (χ1) is 13.4. The second kappa shape index (κ2) is 8.71. The number of rotatable bonds is 6. The molecule has 9 atom stereocenters. The Labute approximate surface area is 185 Å². The van der Waals surface area contributed by atoms with E-state index in [2.05, 4.69) is 27.7 Å². The van der Waals surface area contributed by atoms with Crippen LogP contribution in [0.1, 0.15) is 98.3 Å². The molecular weight excluding hydrogens is 456 g/mol. The molecule has 0 aromatic rings. The average Bonchev–Trinajstić information content (AvgIpc) is 3.04. The summed E-state index contributed by atoms with van der Waals surface area (Å²) in [6.45, 7) is 10.7. The molecule has 28 heavy (non-hydrogen) atoms. The van der Waals surface area contributed by atoms with E-state index in [0.717, 1.165) is 35.5 Å². The Bertz CT molecular complexity index is 535. The molecule has 4 aliphatic carbocycles. The monoisotopic (exact) mass is 504 g/mol. The third kappa shape index (κ3) is 3.75. The van der Waals surface area contributed by atoms with E-state index in [1.165, 1.54) is 55.8 Å². The van der Waals surface area contributed by atoms with E-state index in [1.54, 1.807) is 19.3 Å². The fourth-order valence-electron chi connectivity index (χ4n) is 8.98. The van der Waals surface area contributed by atoms with Crippen LogP contribution in [-0.4, -0.2) is 32.6 Å². The van der Waals surface area contributed by atoms with Crippen LogP contribution in [0, 0.1) is 46.3 Å². The molecule has 0 bridgehead atoms. The van der Waals surface area contributed by atoms with Gasteiger partial charge in [0.25, 0.3) is 0 Å². The van der Waals surface area contributed by atoms with Gasteiger partial charge in [-0.3, -0.25) is 0 Å². The van der Waals surface area contributed by atoms with Crippen LogP contribution in [-0.2, 0) is 0 Å². The number of hydrogen-bond donors (Lipinski definition) is 1. The molecule has 4 aliphatic rings. The van der Waals surface area contributed by atoms with Gasteiger partial charge in [0.2, 0.25) is 0 Å². The minimum atomic E-state index is 0.0125. The molecule has 1 N–H and O–H groups in total. The maximum absolute atomic E-state index is 9.35. The predicted octanol–water partition coefficient (Wildman–Crippen LogP) is 6.98. The van der Waals surface area contributed by atoms with Crippen LogP contribution < -0.4 is 0 Å². The van der Waals surface area contributed by atoms with E-state index in [4.69, 9.17) is 0 Å². The summed E-state index contributed by atoms with van der Waals surface area (Å²) in [5.41, 5.74) is 1.33. The standard InChI is InChI=1S/C26H46OTe/c1-18(13-16-28-19(2)17-27)22-10-11-23-21-9-8-20-7-5-6-14-25(20,3)24(21)12-15-26(22,23)4/h18-24,27H,5-17H2,1-4H3/t18-,19?,20?,21+,22-,23+,24+,25+,26-/m1/s1. The third-order valence-electron chi connectivity index (χ3n) is 10.6. The zero-order valence-corrected chi connectivity index (χ0v) is 21.4. The zero-order chi connectivity index (χ0) is 19.9. The molecule has 0 spiro atoms. The van der Waals surface area contributed by atoms with Gasteiger partial charge in [-0.2, -0.15) is 0 Å². The summed E-state index contributed by atoms with van der Waals surface area (Å²) in [6.07, 6.45) is 16.8. The summed E-state index contributed by atoms with van der Waals surface area (Å²) in [6, 6.07) is 0. The summed E-state index contributed by atoms with van der Waals surface area (Å²) in [7, 11) is 0. The molecule has 0 saturated heterocycles. The first-order valence-corrected chi connectivity index (χ1v) is 15.6. The quantitative estimate of drug-likeness (QED) is 0.389. The van der Waals surface area contributed by atoms with E-state index in [9.17, 15) is 5.11 Å². The first kappa shape index (κ1) is 22.0. The number of fused-ring (bicyclic) bond motifs is 5. The van der Waals surface area contributed by atoms with Crippen LogP contribution >= 0.6 is 0 Å². The van der Waals surface area contributed by atoms with Gasteiger partial charge in [0, 0.05) is 0 Å². The molecule has 4 rings (SSSR count). The van der Waals surface area contributed by atoms with E-state index in [-0.39, 0.29) is 20.9 Å². The molecule has 162 valence electrons. The van der Waals surface area contributed by atoms with E-state index in [0.29, 0.717) is 21.4 Å². The van der Waals surface area contributed by atoms with Gasteiger partial charge >= 0.3 is 186 Å². The number of aliphatic hydroxyl groups is 1. The molecule has 2 heteroatoms. The van der Waals surface area contributed by atoms with Gasteiger partial charge in [-0.05, 0) is 0 Å². The molecule has 4 fully saturated rings. The summed E-state index contributed by atoms with van der Waals surface area (Å²) in [4.78, 5) is 0. The zero-order valence-electron chi connectivity index (χ0n) is 19.1. The van der Waals surface area contributed by atoms with Crippen molar-refractivity contribution in [1.82, 2.24) is 0 Å². The average molecular weight is 502 g/mol. The number of hydrogen-bond acceptors (Lipinski definition) is 1. The summed E-state index contributed by atoms with van der Waals surface area (Å²) in [5.74, 6) is 6.08. The molecule has 0 aromatic carbocycles. The second-order valence-corrected chi connectivity index (χ2v) is 16.2. The van der Waals surface area contributed by atoms with Crippen molar-refractivity contribution >= 4 is 20.9 Å². The van der Waals surface area contributed by atoms with Crippen LogP contribution in [0.3, 0.4) is 0 Å². The van der Waals surface area contributed by atoms with Crippen LogP contribution in [0.5, 0.6) is 0 Å². The minimum absolute atomic E-state index is 0.0125. The van der Waals surface area contributed by atoms with Gasteiger partial charge in [0.15, 0.2) is 0 Å². The molecule has 2 unspecified atom stereocenters. The van der Waals surface area contributed by atoms with Gasteiger partial charge in [0.05, 0.1) is 0 Å². The van der Waals surface area contributed by atoms with Gasteiger partial charge in [0.1, 0.15) is 0 Å². The molecule has 0 amide bonds. The van der Waals surface area contributed by atoms with E-state index in [1.807, 2.05) is 0 Å². The van der Waals surface area contributed by atoms with Crippen molar-refractivity contribution in [3.05, 3.63) is 0 Å². The van der Waals surface area contributed by atoms with Crippen molar-refractivity contribution in [3.8, 4) is 0 Å². The fraction of sp³-hybridized carbons (Fsp3) is 1.00. The number of aliphatic hydroxyl groups excluding tert-OH is 1. The molecule has 0 aliphatic heterocycles. The van der Waals surface area contributed by atoms with E-state index >= 15 is 0 Å². The van der Waals surface area contributed by atoms with E-state index < -0.39 is 0 Å². The van der Waals surface area contributed by atoms with Crippen LogP contribution in [0.4, 0.5) is 0 Å². The molecule has 0 heterocycles. The van der Waals surface area contributed by atoms with Crippen LogP contribution in [0.2, 0.25) is 8.43 Å². The van der Waals surface area contributed by atoms with Gasteiger partial charge in [-0.1, -0.05) is 0 Å². The van der Waals surface area contributed by atoms with Crippen LogP contribution in [0.25, 0.3) is 0 Å². The Morgan fingerprint density at radius 1 is 0.893 bits per heavy atom. The molecule has 4 saturated carbocycles. The van der Waals surface area contributed by atoms with Crippen molar-refractivity contribution in [1.29, 1.82) is 0 Å². The van der Waals surface area contributed by atoms with Crippen molar-refractivity contribution < 1.29 is 5.11 Å². The van der Waals surface area contributed by atoms with Gasteiger partial charge < -0.3 is 0 Å². The van der Waals surface area contributed by atoms with Crippen molar-refractivity contribution in [2.75, 3.05) is 6.61 Å². The fourth-order valence-corrected chi connectivity index (χ4v) is 11.9. The molecule has 0 aromatic heterocycles. The van der Waals surface area contributed by atoms with Crippen molar-refractivity contribution in [2.45, 2.75) is 107 Å². The summed E-state index contributed by atoms with van der Waals surface area (Å²) < 4.78 is 2.06. The molecule has 1 nitrogen and oxygen atoms in total. The Balaban J connectivity index is 1.43. The predicted molar refractivity (Wildman–Crippen MR) is 121 cm³/mol. The summed E-state index contributed by atoms with van der Waals surface area (Å²) in [5, 5.41) is 9.35. The van der Waals surface area contributed by atoms with Crippen molar-refractivity contribution in [2.24, 2.45) is 46.3 Å². The Hall–Kier alpha value is 0.750. The van der Waals surface area contributed by atoms with Crippen LogP contribution in [0.15, 0.2) is 0 Å². The normalized spacial score (nSPS) is 47.7. The second-order valence-electron chi connectivity index (χ2n) is 11.8. The topological polar surface area (TPSA) is 20.2 Å². The Morgan fingerprint density at radius 3 is 2.46 bits per heavy atom. The Kier molecular flexibility index (Phi) is 6.83.